The molecule has 0 fully saturated rings. The third kappa shape index (κ3) is 4.95. The summed E-state index contributed by atoms with van der Waals surface area (Å²) in [5.74, 6) is 0. The number of hydrogen-bond donors (Lipinski definition) is 0. The second kappa shape index (κ2) is 12.8. The van der Waals surface area contributed by atoms with E-state index in [9.17, 15) is 0 Å². The van der Waals surface area contributed by atoms with Crippen molar-refractivity contribution in [3.8, 4) is 33.4 Å². The van der Waals surface area contributed by atoms with E-state index in [1.165, 1.54) is 77.5 Å². The van der Waals surface area contributed by atoms with E-state index >= 15 is 0 Å². The summed E-state index contributed by atoms with van der Waals surface area (Å²) in [6, 6.07) is 78.5. The molecule has 9 aromatic rings. The van der Waals surface area contributed by atoms with Crippen molar-refractivity contribution >= 4 is 27.8 Å². The minimum absolute atomic E-state index is 0.138. The largest absolute Gasteiger partial charge is 0.311 e. The maximum absolute atomic E-state index is 2.43. The second-order valence-corrected chi connectivity index (χ2v) is 16.1. The van der Waals surface area contributed by atoms with Crippen molar-refractivity contribution < 1.29 is 0 Å². The van der Waals surface area contributed by atoms with Gasteiger partial charge in [0.25, 0.3) is 0 Å². The van der Waals surface area contributed by atoms with Crippen molar-refractivity contribution in [3.63, 3.8) is 0 Å². The first kappa shape index (κ1) is 33.4. The fraction of sp³-hybridized carbons (Fsp3) is 0.0714. The molecule has 0 saturated heterocycles. The van der Waals surface area contributed by atoms with Gasteiger partial charge in [-0.25, -0.2) is 0 Å². The maximum atomic E-state index is 2.43. The van der Waals surface area contributed by atoms with Crippen LogP contribution in [0.1, 0.15) is 47.2 Å². The molecule has 1 nitrogen and oxygen atoms in total. The summed E-state index contributed by atoms with van der Waals surface area (Å²) in [4.78, 5) is 2.37. The van der Waals surface area contributed by atoms with Crippen molar-refractivity contribution in [1.29, 1.82) is 0 Å². The number of hydrogen-bond acceptors (Lipinski definition) is 1. The quantitative estimate of drug-likeness (QED) is 0.165. The van der Waals surface area contributed by atoms with Crippen LogP contribution in [-0.4, -0.2) is 0 Å². The molecule has 1 heteroatoms. The van der Waals surface area contributed by atoms with E-state index in [1.54, 1.807) is 0 Å². The molecule has 11 rings (SSSR count). The summed E-state index contributed by atoms with van der Waals surface area (Å²) in [6.07, 6.45) is 0. The SMILES string of the molecule is CC1(C)c2ccccc2-c2ccc3c(c21)-c1ccccc1C3(c1ccccc1)c1ccc(N(c2ccccc2)c2ccc(-c3ccc4ccccc4c3)cc2)cc1. The Labute approximate surface area is 335 Å². The molecule has 0 spiro atoms. The molecule has 2 aliphatic carbocycles. The smallest absolute Gasteiger partial charge is 0.0713 e. The predicted octanol–water partition coefficient (Wildman–Crippen LogP) is 14.6. The van der Waals surface area contributed by atoms with Crippen molar-refractivity contribution in [2.45, 2.75) is 24.7 Å². The lowest BCUT2D eigenvalue weighted by atomic mass is 9.67. The van der Waals surface area contributed by atoms with E-state index in [2.05, 4.69) is 231 Å². The average molecular weight is 728 g/mol. The molecule has 0 N–H and O–H groups in total. The van der Waals surface area contributed by atoms with E-state index in [0.717, 1.165) is 17.1 Å². The molecule has 0 heterocycles. The summed E-state index contributed by atoms with van der Waals surface area (Å²) in [7, 11) is 0. The molecule has 1 atom stereocenters. The van der Waals surface area contributed by atoms with E-state index in [-0.39, 0.29) is 5.41 Å². The van der Waals surface area contributed by atoms with Gasteiger partial charge in [-0.2, -0.15) is 0 Å². The van der Waals surface area contributed by atoms with Crippen LogP contribution in [0, 0.1) is 0 Å². The fourth-order valence-corrected chi connectivity index (χ4v) is 10.2. The van der Waals surface area contributed by atoms with Gasteiger partial charge in [0.15, 0.2) is 0 Å². The van der Waals surface area contributed by atoms with Crippen LogP contribution in [0.5, 0.6) is 0 Å². The topological polar surface area (TPSA) is 3.24 Å². The molecule has 0 amide bonds. The Morgan fingerprint density at radius 3 is 1.63 bits per heavy atom. The van der Waals surface area contributed by atoms with Crippen LogP contribution < -0.4 is 4.90 Å². The van der Waals surface area contributed by atoms with Gasteiger partial charge in [0.1, 0.15) is 0 Å². The van der Waals surface area contributed by atoms with Gasteiger partial charge in [0.05, 0.1) is 5.41 Å². The summed E-state index contributed by atoms with van der Waals surface area (Å²) in [6.45, 7) is 4.81. The Morgan fingerprint density at radius 1 is 0.351 bits per heavy atom. The van der Waals surface area contributed by atoms with Gasteiger partial charge in [-0.15, -0.1) is 0 Å². The second-order valence-electron chi connectivity index (χ2n) is 16.1. The van der Waals surface area contributed by atoms with Crippen molar-refractivity contribution in [1.82, 2.24) is 0 Å². The maximum Gasteiger partial charge on any atom is 0.0713 e. The molecule has 0 aliphatic heterocycles. The van der Waals surface area contributed by atoms with Crippen LogP contribution in [-0.2, 0) is 10.8 Å². The van der Waals surface area contributed by atoms with Gasteiger partial charge in [0.2, 0.25) is 0 Å². The monoisotopic (exact) mass is 727 g/mol. The molecule has 2 aliphatic rings. The minimum atomic E-state index is -0.495. The Balaban J connectivity index is 1.07. The third-order valence-electron chi connectivity index (χ3n) is 12.7. The zero-order valence-corrected chi connectivity index (χ0v) is 32.2. The average Bonchev–Trinajstić information content (AvgIpc) is 3.70. The van der Waals surface area contributed by atoms with Crippen LogP contribution >= 0.6 is 0 Å². The summed E-state index contributed by atoms with van der Waals surface area (Å²) in [5.41, 5.74) is 18.6. The van der Waals surface area contributed by atoms with Gasteiger partial charge in [0, 0.05) is 22.5 Å². The van der Waals surface area contributed by atoms with E-state index in [1.807, 2.05) is 0 Å². The van der Waals surface area contributed by atoms with E-state index in [4.69, 9.17) is 0 Å². The first-order chi connectivity index (χ1) is 28.0. The first-order valence-electron chi connectivity index (χ1n) is 20.0. The van der Waals surface area contributed by atoms with Crippen LogP contribution in [0.15, 0.2) is 212 Å². The number of benzene rings is 9. The van der Waals surface area contributed by atoms with Gasteiger partial charge < -0.3 is 4.90 Å². The highest BCUT2D eigenvalue weighted by Gasteiger charge is 2.50. The number of fused-ring (bicyclic) bond motifs is 8. The lowest BCUT2D eigenvalue weighted by molar-refractivity contribution is 0.660. The van der Waals surface area contributed by atoms with Crippen LogP contribution in [0.4, 0.5) is 17.1 Å². The molecule has 0 radical (unpaired) electrons. The standard InChI is InChI=1S/C56H41N/c1-55(2)50-23-13-11-21-47(50)48-35-36-52-53(54(48)55)49-22-12-14-24-51(49)56(52,42-17-5-3-6-18-42)43-29-33-46(34-30-43)57(44-19-7-4-8-20-44)45-31-27-39(28-32-45)41-26-25-38-15-9-10-16-40(38)37-41/h3-37H,1-2H3. The Bertz CT molecular complexity index is 2960. The number of anilines is 3. The minimum Gasteiger partial charge on any atom is -0.311 e. The van der Waals surface area contributed by atoms with Gasteiger partial charge >= 0.3 is 0 Å². The molecule has 0 aromatic heterocycles. The van der Waals surface area contributed by atoms with E-state index in [0.29, 0.717) is 0 Å². The molecule has 270 valence electrons. The van der Waals surface area contributed by atoms with Crippen molar-refractivity contribution in [3.05, 3.63) is 246 Å². The van der Waals surface area contributed by atoms with Gasteiger partial charge in [-0.1, -0.05) is 184 Å². The number of nitrogens with zero attached hydrogens (tertiary/aromatic N) is 1. The van der Waals surface area contributed by atoms with Crippen LogP contribution in [0.25, 0.3) is 44.2 Å². The van der Waals surface area contributed by atoms with Gasteiger partial charge in [-0.3, -0.25) is 0 Å². The number of para-hydroxylation sites is 1. The molecular weight excluding hydrogens is 687 g/mol. The zero-order chi connectivity index (χ0) is 38.1. The van der Waals surface area contributed by atoms with Crippen molar-refractivity contribution in [2.75, 3.05) is 4.90 Å². The van der Waals surface area contributed by atoms with Gasteiger partial charge in [-0.05, 0) is 120 Å². The molecular formula is C56H41N. The lowest BCUT2D eigenvalue weighted by Crippen LogP contribution is -2.29. The fourth-order valence-electron chi connectivity index (χ4n) is 10.2. The third-order valence-corrected chi connectivity index (χ3v) is 12.7. The normalized spacial score (nSPS) is 15.8. The highest BCUT2D eigenvalue weighted by Crippen LogP contribution is 2.62. The first-order valence-corrected chi connectivity index (χ1v) is 20.0. The molecule has 9 aromatic carbocycles. The summed E-state index contributed by atoms with van der Waals surface area (Å²) < 4.78 is 0. The molecule has 0 saturated carbocycles. The molecule has 1 unspecified atom stereocenters. The van der Waals surface area contributed by atoms with Crippen LogP contribution in [0.3, 0.4) is 0 Å². The van der Waals surface area contributed by atoms with Crippen molar-refractivity contribution in [2.24, 2.45) is 0 Å². The lowest BCUT2D eigenvalue weighted by Gasteiger charge is -2.35. The Hall–Kier alpha value is -6.96. The zero-order valence-electron chi connectivity index (χ0n) is 32.2. The Morgan fingerprint density at radius 2 is 0.895 bits per heavy atom. The Kier molecular flexibility index (Phi) is 7.50. The van der Waals surface area contributed by atoms with Crippen LogP contribution in [0.2, 0.25) is 0 Å². The highest BCUT2D eigenvalue weighted by atomic mass is 15.1. The molecule has 57 heavy (non-hydrogen) atoms. The summed E-state index contributed by atoms with van der Waals surface area (Å²) >= 11 is 0. The highest BCUT2D eigenvalue weighted by molar-refractivity contribution is 5.96. The predicted molar refractivity (Wildman–Crippen MR) is 239 cm³/mol. The number of rotatable bonds is 6. The summed E-state index contributed by atoms with van der Waals surface area (Å²) in [5, 5.41) is 2.51. The van der Waals surface area contributed by atoms with E-state index < -0.39 is 5.41 Å². The molecule has 0 bridgehead atoms.